The number of aromatic amines is 1. The first kappa shape index (κ1) is 29.7. The Kier molecular flexibility index (Phi) is 10.5. The Morgan fingerprint density at radius 1 is 1.14 bits per heavy atom. The maximum atomic E-state index is 12.9. The molecular weight excluding hydrogens is 492 g/mol. The average molecular weight is 528 g/mol. The molecule has 1 fully saturated rings. The van der Waals surface area contributed by atoms with Crippen molar-refractivity contribution in [1.82, 2.24) is 21.4 Å². The third kappa shape index (κ3) is 9.45. The molecule has 0 spiro atoms. The molecule has 37 heavy (non-hydrogen) atoms. The van der Waals surface area contributed by atoms with Crippen LogP contribution in [0.3, 0.4) is 0 Å². The molecule has 15 heteroatoms. The number of nitrogens with one attached hydrogen (secondary N) is 6. The standard InChI is InChI=1S/C22H34N6O9/c1-11(30)24-16-18(33)17(32)13(10-29)36-20(16)26-15(31)9-12(25-21(35)37-22(2,3)4)19(34)28-27-14-7-5-6-8-23-14/h5-8,12-13,16-18,20,29,32-33H,9-10H2,1-4H3,(H,23,27)(H,24,30)(H,25,35)(H,26,31)(H,28,34)/p+1/t12-,13+,16+,17+,18+,20+/m0/s1. The molecule has 6 atom stereocenters. The largest absolute Gasteiger partial charge is 0.444 e. The quantitative estimate of drug-likeness (QED) is 0.155. The predicted octanol–water partition coefficient (Wildman–Crippen LogP) is -2.71. The lowest BCUT2D eigenvalue weighted by atomic mass is 9.95. The Hall–Kier alpha value is -3.53. The number of hydrogen-bond acceptors (Lipinski definition) is 10. The third-order valence-electron chi connectivity index (χ3n) is 5.03. The van der Waals surface area contributed by atoms with Crippen molar-refractivity contribution < 1.29 is 49.0 Å². The van der Waals surface area contributed by atoms with Gasteiger partial charge in [0.2, 0.25) is 11.8 Å². The summed E-state index contributed by atoms with van der Waals surface area (Å²) < 4.78 is 10.6. The fourth-order valence-corrected chi connectivity index (χ4v) is 3.38. The van der Waals surface area contributed by atoms with Crippen LogP contribution in [-0.2, 0) is 23.9 Å². The number of carbonyl (C=O) groups excluding carboxylic acids is 4. The van der Waals surface area contributed by atoms with Crippen molar-refractivity contribution in [3.05, 3.63) is 24.4 Å². The van der Waals surface area contributed by atoms with E-state index >= 15 is 0 Å². The number of pyridine rings is 1. The van der Waals surface area contributed by atoms with Crippen molar-refractivity contribution in [2.45, 2.75) is 76.3 Å². The van der Waals surface area contributed by atoms with Crippen LogP contribution in [0.15, 0.2) is 24.4 Å². The van der Waals surface area contributed by atoms with Crippen molar-refractivity contribution in [3.8, 4) is 0 Å². The highest BCUT2D eigenvalue weighted by molar-refractivity contribution is 5.91. The summed E-state index contributed by atoms with van der Waals surface area (Å²) in [6, 6.07) is 2.38. The number of hydrogen-bond donors (Lipinski definition) is 8. The summed E-state index contributed by atoms with van der Waals surface area (Å²) in [6.45, 7) is 5.37. The zero-order valence-electron chi connectivity index (χ0n) is 21.0. The molecule has 15 nitrogen and oxygen atoms in total. The van der Waals surface area contributed by atoms with Crippen molar-refractivity contribution in [1.29, 1.82) is 0 Å². The van der Waals surface area contributed by atoms with Gasteiger partial charge in [-0.25, -0.2) is 9.78 Å². The Balaban J connectivity index is 2.14. The van der Waals surface area contributed by atoms with Gasteiger partial charge < -0.3 is 40.7 Å². The fourth-order valence-electron chi connectivity index (χ4n) is 3.38. The highest BCUT2D eigenvalue weighted by Crippen LogP contribution is 2.20. The lowest BCUT2D eigenvalue weighted by Crippen LogP contribution is -2.68. The lowest BCUT2D eigenvalue weighted by Gasteiger charge is -2.42. The van der Waals surface area contributed by atoms with E-state index in [1.54, 1.807) is 45.2 Å². The Morgan fingerprint density at radius 2 is 1.84 bits per heavy atom. The number of hydrazine groups is 1. The van der Waals surface area contributed by atoms with Crippen LogP contribution in [0.25, 0.3) is 0 Å². The molecule has 0 radical (unpaired) electrons. The number of rotatable bonds is 9. The average Bonchev–Trinajstić information content (AvgIpc) is 2.81. The van der Waals surface area contributed by atoms with Gasteiger partial charge >= 0.3 is 6.09 Å². The van der Waals surface area contributed by atoms with Gasteiger partial charge in [0.25, 0.3) is 11.7 Å². The fraction of sp³-hybridized carbons (Fsp3) is 0.591. The number of H-pyrrole nitrogens is 1. The molecule has 4 amide bonds. The number of amides is 4. The van der Waals surface area contributed by atoms with E-state index in [9.17, 15) is 34.5 Å². The molecule has 206 valence electrons. The van der Waals surface area contributed by atoms with Crippen molar-refractivity contribution in [2.75, 3.05) is 12.0 Å². The number of anilines is 1. The van der Waals surface area contributed by atoms with E-state index in [0.717, 1.165) is 0 Å². The van der Waals surface area contributed by atoms with E-state index in [1.165, 1.54) is 6.92 Å². The summed E-state index contributed by atoms with van der Waals surface area (Å²) in [5.74, 6) is -1.75. The second-order valence-corrected chi connectivity index (χ2v) is 9.35. The normalized spacial score (nSPS) is 24.2. The smallest absolute Gasteiger partial charge is 0.408 e. The van der Waals surface area contributed by atoms with Gasteiger partial charge in [0.05, 0.1) is 19.2 Å². The Labute approximate surface area is 213 Å². The molecule has 0 saturated carbocycles. The van der Waals surface area contributed by atoms with Gasteiger partial charge in [0, 0.05) is 13.0 Å². The molecule has 0 aliphatic carbocycles. The van der Waals surface area contributed by atoms with E-state index in [1.807, 2.05) is 0 Å². The van der Waals surface area contributed by atoms with Crippen LogP contribution < -0.4 is 31.8 Å². The third-order valence-corrected chi connectivity index (χ3v) is 5.03. The lowest BCUT2D eigenvalue weighted by molar-refractivity contribution is -0.361. The van der Waals surface area contributed by atoms with Crippen LogP contribution in [0.2, 0.25) is 0 Å². The predicted molar refractivity (Wildman–Crippen MR) is 126 cm³/mol. The number of aromatic nitrogens is 1. The van der Waals surface area contributed by atoms with E-state index in [4.69, 9.17) is 9.47 Å². The minimum absolute atomic E-state index is 0.424. The van der Waals surface area contributed by atoms with Crippen LogP contribution in [0.1, 0.15) is 34.1 Å². The minimum Gasteiger partial charge on any atom is -0.444 e. The van der Waals surface area contributed by atoms with E-state index in [0.29, 0.717) is 5.82 Å². The molecule has 2 heterocycles. The van der Waals surface area contributed by atoms with E-state index in [-0.39, 0.29) is 0 Å². The minimum atomic E-state index is -1.58. The SMILES string of the molecule is CC(=O)N[C@@H]1[C@@H](O)[C@H](O)[C@@H](CO)O[C@H]1NC(=O)C[C@H](NC(=O)OC(C)(C)C)C(=O)NNc1cccc[nH+]1. The maximum Gasteiger partial charge on any atom is 0.408 e. The van der Waals surface area contributed by atoms with Crippen molar-refractivity contribution in [3.63, 3.8) is 0 Å². The maximum absolute atomic E-state index is 12.9. The van der Waals surface area contributed by atoms with Gasteiger partial charge in [-0.3, -0.25) is 14.4 Å². The van der Waals surface area contributed by atoms with Crippen LogP contribution in [0, 0.1) is 0 Å². The molecule has 9 N–H and O–H groups in total. The molecular formula is C22H35N6O9+. The highest BCUT2D eigenvalue weighted by atomic mass is 16.6. The number of aliphatic hydroxyl groups excluding tert-OH is 3. The second-order valence-electron chi connectivity index (χ2n) is 9.35. The molecule has 0 aromatic carbocycles. The van der Waals surface area contributed by atoms with Gasteiger partial charge in [-0.15, -0.1) is 0 Å². The van der Waals surface area contributed by atoms with Crippen LogP contribution in [-0.4, -0.2) is 88.0 Å². The summed E-state index contributed by atoms with van der Waals surface area (Å²) in [6.07, 6.45) is -5.67. The molecule has 1 aromatic rings. The molecule has 0 unspecified atom stereocenters. The topological polar surface area (TPSA) is 222 Å². The molecule has 1 saturated heterocycles. The first-order chi connectivity index (χ1) is 17.3. The van der Waals surface area contributed by atoms with Crippen LogP contribution in [0.5, 0.6) is 0 Å². The summed E-state index contributed by atoms with van der Waals surface area (Å²) >= 11 is 0. The van der Waals surface area contributed by atoms with Crippen molar-refractivity contribution >= 4 is 29.6 Å². The zero-order chi connectivity index (χ0) is 27.8. The summed E-state index contributed by atoms with van der Waals surface area (Å²) in [5, 5.41) is 37.1. The van der Waals surface area contributed by atoms with Crippen molar-refractivity contribution in [2.24, 2.45) is 0 Å². The Bertz CT molecular complexity index is 942. The van der Waals surface area contributed by atoms with Gasteiger partial charge in [0.15, 0.2) is 6.23 Å². The monoisotopic (exact) mass is 527 g/mol. The Morgan fingerprint density at radius 3 is 2.41 bits per heavy atom. The van der Waals surface area contributed by atoms with Gasteiger partial charge in [-0.1, -0.05) is 6.07 Å². The number of carbonyl (C=O) groups is 4. The zero-order valence-corrected chi connectivity index (χ0v) is 21.0. The first-order valence-corrected chi connectivity index (χ1v) is 11.5. The van der Waals surface area contributed by atoms with E-state index < -0.39 is 79.1 Å². The van der Waals surface area contributed by atoms with E-state index in [2.05, 4.69) is 31.8 Å². The molecule has 1 aliphatic heterocycles. The second kappa shape index (κ2) is 13.1. The first-order valence-electron chi connectivity index (χ1n) is 11.5. The molecule has 1 aromatic heterocycles. The van der Waals surface area contributed by atoms with Crippen LogP contribution >= 0.6 is 0 Å². The summed E-state index contributed by atoms with van der Waals surface area (Å²) in [5.41, 5.74) is 4.12. The number of ether oxygens (including phenoxy) is 2. The highest BCUT2D eigenvalue weighted by Gasteiger charge is 2.45. The van der Waals surface area contributed by atoms with Gasteiger partial charge in [-0.2, -0.15) is 10.9 Å². The number of aliphatic hydroxyl groups is 3. The summed E-state index contributed by atoms with van der Waals surface area (Å²) in [7, 11) is 0. The molecule has 1 aliphatic rings. The van der Waals surface area contributed by atoms with Gasteiger partial charge in [-0.05, 0) is 26.8 Å². The molecule has 0 bridgehead atoms. The van der Waals surface area contributed by atoms with Crippen LogP contribution in [0.4, 0.5) is 10.6 Å². The summed E-state index contributed by atoms with van der Waals surface area (Å²) in [4.78, 5) is 52.4. The number of alkyl carbamates (subject to hydrolysis) is 1. The van der Waals surface area contributed by atoms with Gasteiger partial charge in [0.1, 0.15) is 36.0 Å². The molecule has 2 rings (SSSR count).